The molecule has 1 amide bonds. The fourth-order valence-corrected chi connectivity index (χ4v) is 5.08. The van der Waals surface area contributed by atoms with Crippen molar-refractivity contribution in [1.82, 2.24) is 0 Å². The molecule has 0 aliphatic carbocycles. The van der Waals surface area contributed by atoms with Crippen molar-refractivity contribution in [3.05, 3.63) is 72.3 Å². The highest BCUT2D eigenvalue weighted by Gasteiger charge is 2.25. The molecule has 3 aromatic carbocycles. The second kappa shape index (κ2) is 7.50. The molecule has 3 aromatic rings. The van der Waals surface area contributed by atoms with Gasteiger partial charge in [-0.05, 0) is 49.7 Å². The van der Waals surface area contributed by atoms with Crippen LogP contribution in [-0.2, 0) is 10.0 Å². The summed E-state index contributed by atoms with van der Waals surface area (Å²) in [4.78, 5) is 12.7. The van der Waals surface area contributed by atoms with Crippen LogP contribution < -0.4 is 14.9 Å². The molecule has 6 nitrogen and oxygen atoms in total. The summed E-state index contributed by atoms with van der Waals surface area (Å²) >= 11 is 0. The van der Waals surface area contributed by atoms with Crippen molar-refractivity contribution >= 4 is 38.7 Å². The number of fused-ring (bicyclic) bond motifs is 2. The number of nitrogens with zero attached hydrogens (tertiary/aromatic N) is 1. The number of carbonyl (C=O) groups excluding carboxylic acids is 1. The molecule has 0 atom stereocenters. The minimum absolute atomic E-state index is 0.192. The van der Waals surface area contributed by atoms with Crippen molar-refractivity contribution in [1.29, 1.82) is 0 Å². The Kier molecular flexibility index (Phi) is 4.99. The quantitative estimate of drug-likeness (QED) is 0.632. The summed E-state index contributed by atoms with van der Waals surface area (Å²) in [5, 5.41) is 6.24. The van der Waals surface area contributed by atoms with E-state index in [4.69, 9.17) is 0 Å². The molecule has 1 aliphatic heterocycles. The lowest BCUT2D eigenvalue weighted by Gasteiger charge is -2.28. The van der Waals surface area contributed by atoms with Gasteiger partial charge in [-0.1, -0.05) is 36.4 Å². The Morgan fingerprint density at radius 3 is 2.10 bits per heavy atom. The van der Waals surface area contributed by atoms with Gasteiger partial charge in [-0.25, -0.2) is 8.42 Å². The zero-order chi connectivity index (χ0) is 21.5. The molecule has 0 aromatic heterocycles. The molecule has 0 saturated heterocycles. The predicted molar refractivity (Wildman–Crippen MR) is 122 cm³/mol. The lowest BCUT2D eigenvalue weighted by molar-refractivity contribution is 0.102. The van der Waals surface area contributed by atoms with Gasteiger partial charge >= 0.3 is 0 Å². The third-order valence-corrected chi connectivity index (χ3v) is 6.32. The molecule has 0 saturated carbocycles. The number of para-hydroxylation sites is 3. The largest absolute Gasteiger partial charge is 0.353 e. The van der Waals surface area contributed by atoms with Crippen molar-refractivity contribution in [2.45, 2.75) is 19.9 Å². The fraction of sp³-hybridized carbons (Fsp3) is 0.174. The average molecular weight is 422 g/mol. The van der Waals surface area contributed by atoms with E-state index in [2.05, 4.69) is 10.6 Å². The van der Waals surface area contributed by atoms with Gasteiger partial charge in [0.1, 0.15) is 0 Å². The Hall–Kier alpha value is -3.32. The zero-order valence-corrected chi connectivity index (χ0v) is 17.8. The van der Waals surface area contributed by atoms with Crippen LogP contribution in [0.4, 0.5) is 22.7 Å². The number of amides is 1. The maximum Gasteiger partial charge on any atom is 0.257 e. The topological polar surface area (TPSA) is 78.5 Å². The van der Waals surface area contributed by atoms with E-state index in [1.54, 1.807) is 12.1 Å². The highest BCUT2D eigenvalue weighted by Crippen LogP contribution is 2.38. The molecule has 1 aliphatic rings. The van der Waals surface area contributed by atoms with E-state index in [0.29, 0.717) is 22.6 Å². The first-order valence-corrected chi connectivity index (χ1v) is 11.5. The van der Waals surface area contributed by atoms with Crippen molar-refractivity contribution in [3.8, 4) is 11.1 Å². The molecule has 1 heterocycles. The van der Waals surface area contributed by atoms with Crippen LogP contribution in [0.3, 0.4) is 0 Å². The number of carbonyl (C=O) groups is 1. The normalized spacial score (nSPS) is 13.0. The van der Waals surface area contributed by atoms with Crippen LogP contribution in [0, 0.1) is 0 Å². The Morgan fingerprint density at radius 2 is 1.43 bits per heavy atom. The number of anilines is 4. The van der Waals surface area contributed by atoms with Crippen LogP contribution in [0.1, 0.15) is 24.2 Å². The molecule has 30 heavy (non-hydrogen) atoms. The molecule has 154 valence electrons. The van der Waals surface area contributed by atoms with Crippen LogP contribution in [0.25, 0.3) is 11.1 Å². The standard InChI is InChI=1S/C23H23N3O3S/c1-15(2)26(30(3,28)29)22-11-7-4-8-17(22)16-12-13-18-21(14-16)24-19-9-5-6-10-20(19)25-23(18)27/h4-15,24H,1-3H3,(H,25,27). The third kappa shape index (κ3) is 3.64. The smallest absolute Gasteiger partial charge is 0.257 e. The Bertz CT molecular complexity index is 1240. The minimum Gasteiger partial charge on any atom is -0.353 e. The first kappa shape index (κ1) is 20.0. The maximum atomic E-state index is 12.7. The molecular weight excluding hydrogens is 398 g/mol. The zero-order valence-electron chi connectivity index (χ0n) is 17.0. The highest BCUT2D eigenvalue weighted by atomic mass is 32.2. The van der Waals surface area contributed by atoms with Gasteiger partial charge in [0.15, 0.2) is 0 Å². The van der Waals surface area contributed by atoms with Gasteiger partial charge in [-0.15, -0.1) is 0 Å². The van der Waals surface area contributed by atoms with Crippen LogP contribution in [0.15, 0.2) is 66.7 Å². The number of benzene rings is 3. The highest BCUT2D eigenvalue weighted by molar-refractivity contribution is 7.92. The monoisotopic (exact) mass is 421 g/mol. The molecule has 0 spiro atoms. The SMILES string of the molecule is CC(C)N(c1ccccc1-c1ccc2c(c1)Nc1ccccc1NC2=O)S(C)(=O)=O. The lowest BCUT2D eigenvalue weighted by atomic mass is 10.00. The molecule has 7 heteroatoms. The fourth-order valence-electron chi connectivity index (χ4n) is 3.80. The van der Waals surface area contributed by atoms with Crippen LogP contribution in [0.2, 0.25) is 0 Å². The first-order valence-electron chi connectivity index (χ1n) is 9.66. The second-order valence-corrected chi connectivity index (χ2v) is 9.41. The van der Waals surface area contributed by atoms with Crippen molar-refractivity contribution < 1.29 is 13.2 Å². The Morgan fingerprint density at radius 1 is 0.800 bits per heavy atom. The minimum atomic E-state index is -3.47. The summed E-state index contributed by atoms with van der Waals surface area (Å²) in [6, 6.07) is 20.1. The van der Waals surface area contributed by atoms with Gasteiger partial charge < -0.3 is 10.6 Å². The summed E-state index contributed by atoms with van der Waals surface area (Å²) in [5.74, 6) is -0.192. The number of hydrogen-bond acceptors (Lipinski definition) is 4. The summed E-state index contributed by atoms with van der Waals surface area (Å²) < 4.78 is 26.4. The maximum absolute atomic E-state index is 12.7. The van der Waals surface area contributed by atoms with Gasteiger partial charge in [0.25, 0.3) is 5.91 Å². The van der Waals surface area contributed by atoms with Gasteiger partial charge in [0.2, 0.25) is 10.0 Å². The van der Waals surface area contributed by atoms with Gasteiger partial charge in [-0.2, -0.15) is 0 Å². The number of nitrogens with one attached hydrogen (secondary N) is 2. The van der Waals surface area contributed by atoms with E-state index in [1.165, 1.54) is 10.6 Å². The van der Waals surface area contributed by atoms with Gasteiger partial charge in [0, 0.05) is 11.6 Å². The van der Waals surface area contributed by atoms with E-state index in [0.717, 1.165) is 16.8 Å². The Balaban J connectivity index is 1.86. The summed E-state index contributed by atoms with van der Waals surface area (Å²) in [6.45, 7) is 3.69. The van der Waals surface area contributed by atoms with E-state index in [9.17, 15) is 13.2 Å². The van der Waals surface area contributed by atoms with Crippen molar-refractivity contribution in [3.63, 3.8) is 0 Å². The molecule has 0 radical (unpaired) electrons. The van der Waals surface area contributed by atoms with Crippen molar-refractivity contribution in [2.75, 3.05) is 21.2 Å². The van der Waals surface area contributed by atoms with Crippen LogP contribution in [0.5, 0.6) is 0 Å². The van der Waals surface area contributed by atoms with Gasteiger partial charge in [-0.3, -0.25) is 9.10 Å². The molecular formula is C23H23N3O3S. The second-order valence-electron chi connectivity index (χ2n) is 7.55. The summed E-state index contributed by atoms with van der Waals surface area (Å²) in [5.41, 5.74) is 4.90. The van der Waals surface area contributed by atoms with Crippen LogP contribution in [-0.4, -0.2) is 26.6 Å². The summed E-state index contributed by atoms with van der Waals surface area (Å²) in [7, 11) is -3.47. The van der Waals surface area contributed by atoms with E-state index >= 15 is 0 Å². The summed E-state index contributed by atoms with van der Waals surface area (Å²) in [6.07, 6.45) is 1.21. The number of sulfonamides is 1. The molecule has 2 N–H and O–H groups in total. The predicted octanol–water partition coefficient (Wildman–Crippen LogP) is 4.84. The van der Waals surface area contributed by atoms with Crippen molar-refractivity contribution in [2.24, 2.45) is 0 Å². The first-order chi connectivity index (χ1) is 14.3. The molecule has 0 fully saturated rings. The average Bonchev–Trinajstić information content (AvgIpc) is 2.82. The number of rotatable bonds is 4. The lowest BCUT2D eigenvalue weighted by Crippen LogP contribution is -2.36. The third-order valence-electron chi connectivity index (χ3n) is 4.99. The Labute approximate surface area is 176 Å². The number of hydrogen-bond donors (Lipinski definition) is 2. The van der Waals surface area contributed by atoms with E-state index < -0.39 is 10.0 Å². The van der Waals surface area contributed by atoms with E-state index in [1.807, 2.05) is 68.4 Å². The van der Waals surface area contributed by atoms with Gasteiger partial charge in [0.05, 0.1) is 34.6 Å². The van der Waals surface area contributed by atoms with Crippen LogP contribution >= 0.6 is 0 Å². The molecule has 0 bridgehead atoms. The molecule has 0 unspecified atom stereocenters. The molecule has 4 rings (SSSR count). The van der Waals surface area contributed by atoms with E-state index in [-0.39, 0.29) is 11.9 Å².